The minimum absolute atomic E-state index is 0.0528. The third-order valence-electron chi connectivity index (χ3n) is 8.28. The molecule has 4 bridgehead atoms. The molecule has 2 heterocycles. The van der Waals surface area contributed by atoms with Crippen molar-refractivity contribution in [3.8, 4) is 0 Å². The van der Waals surface area contributed by atoms with Gasteiger partial charge in [-0.2, -0.15) is 0 Å². The molecule has 4 aliphatic carbocycles. The Labute approximate surface area is 160 Å². The maximum Gasteiger partial charge on any atom is 0.242 e. The van der Waals surface area contributed by atoms with Crippen molar-refractivity contribution >= 4 is 11.8 Å². The van der Waals surface area contributed by atoms with Crippen LogP contribution in [0.15, 0.2) is 24.3 Å². The van der Waals surface area contributed by atoms with Crippen molar-refractivity contribution < 1.29 is 9.59 Å². The lowest BCUT2D eigenvalue weighted by Crippen LogP contribution is -2.59. The minimum atomic E-state index is 0.0528. The molecule has 6 aliphatic rings. The predicted molar refractivity (Wildman–Crippen MR) is 102 cm³/mol. The molecule has 4 heteroatoms. The second-order valence-corrected chi connectivity index (χ2v) is 9.73. The molecule has 27 heavy (non-hydrogen) atoms. The Balaban J connectivity index is 1.27. The molecule has 1 unspecified atom stereocenters. The summed E-state index contributed by atoms with van der Waals surface area (Å²) in [6, 6.07) is 8.52. The van der Waals surface area contributed by atoms with E-state index in [1.165, 1.54) is 43.2 Å². The van der Waals surface area contributed by atoms with Crippen LogP contribution in [0.2, 0.25) is 0 Å². The summed E-state index contributed by atoms with van der Waals surface area (Å²) >= 11 is 0. The monoisotopic (exact) mass is 364 g/mol. The molecular formula is C23H28N2O2. The molecule has 0 aromatic heterocycles. The molecule has 1 aromatic rings. The standard InChI is InChI=1S/C23H28N2O2/c26-21-13-24(12-20-19-4-2-1-3-16(19)5-6-25(20)21)23(27)22-17-8-14-7-15(10-17)11-18(22)9-14/h1-4,14-15,17-18,20,22H,5-13H2. The molecule has 7 rings (SSSR count). The first kappa shape index (κ1) is 16.1. The molecule has 1 saturated heterocycles. The number of nitrogens with zero attached hydrogens (tertiary/aromatic N) is 2. The number of piperazine rings is 1. The Morgan fingerprint density at radius 1 is 0.963 bits per heavy atom. The Bertz CT molecular complexity index is 775. The van der Waals surface area contributed by atoms with Gasteiger partial charge >= 0.3 is 0 Å². The zero-order valence-electron chi connectivity index (χ0n) is 15.8. The van der Waals surface area contributed by atoms with Gasteiger partial charge in [-0.05, 0) is 73.3 Å². The number of fused-ring (bicyclic) bond motifs is 3. The lowest BCUT2D eigenvalue weighted by molar-refractivity contribution is -0.159. The van der Waals surface area contributed by atoms with Gasteiger partial charge in [0.25, 0.3) is 0 Å². The Hall–Kier alpha value is -1.84. The van der Waals surface area contributed by atoms with Crippen LogP contribution in [0, 0.1) is 29.6 Å². The molecule has 4 saturated carbocycles. The van der Waals surface area contributed by atoms with Gasteiger partial charge in [0, 0.05) is 19.0 Å². The number of amides is 2. The molecule has 1 aromatic carbocycles. The van der Waals surface area contributed by atoms with Crippen molar-refractivity contribution in [2.24, 2.45) is 29.6 Å². The number of carbonyl (C=O) groups excluding carboxylic acids is 2. The summed E-state index contributed by atoms with van der Waals surface area (Å²) in [4.78, 5) is 30.4. The van der Waals surface area contributed by atoms with Gasteiger partial charge in [-0.15, -0.1) is 0 Å². The summed E-state index contributed by atoms with van der Waals surface area (Å²) in [7, 11) is 0. The summed E-state index contributed by atoms with van der Waals surface area (Å²) in [5.41, 5.74) is 2.59. The van der Waals surface area contributed by atoms with Gasteiger partial charge in [-0.1, -0.05) is 24.3 Å². The van der Waals surface area contributed by atoms with Gasteiger partial charge in [-0.3, -0.25) is 9.59 Å². The number of benzene rings is 1. The molecular weight excluding hydrogens is 336 g/mol. The molecule has 142 valence electrons. The van der Waals surface area contributed by atoms with Crippen LogP contribution in [0.3, 0.4) is 0 Å². The highest BCUT2D eigenvalue weighted by atomic mass is 16.2. The lowest BCUT2D eigenvalue weighted by Gasteiger charge is -2.55. The summed E-state index contributed by atoms with van der Waals surface area (Å²) in [5.74, 6) is 3.54. The normalized spacial score (nSPS) is 39.3. The third kappa shape index (κ3) is 2.41. The van der Waals surface area contributed by atoms with Crippen LogP contribution < -0.4 is 0 Å². The largest absolute Gasteiger partial charge is 0.332 e. The highest BCUT2D eigenvalue weighted by molar-refractivity contribution is 5.88. The van der Waals surface area contributed by atoms with Crippen LogP contribution in [0.5, 0.6) is 0 Å². The molecule has 0 radical (unpaired) electrons. The first-order valence-electron chi connectivity index (χ1n) is 10.8. The van der Waals surface area contributed by atoms with Crippen molar-refractivity contribution in [2.75, 3.05) is 19.6 Å². The summed E-state index contributed by atoms with van der Waals surface area (Å²) in [5, 5.41) is 0. The van der Waals surface area contributed by atoms with Crippen LogP contribution >= 0.6 is 0 Å². The van der Waals surface area contributed by atoms with Gasteiger partial charge in [-0.25, -0.2) is 0 Å². The van der Waals surface area contributed by atoms with Crippen molar-refractivity contribution in [2.45, 2.75) is 44.6 Å². The summed E-state index contributed by atoms with van der Waals surface area (Å²) < 4.78 is 0. The quantitative estimate of drug-likeness (QED) is 0.769. The minimum Gasteiger partial charge on any atom is -0.332 e. The van der Waals surface area contributed by atoms with E-state index in [4.69, 9.17) is 0 Å². The third-order valence-corrected chi connectivity index (χ3v) is 8.28. The van der Waals surface area contributed by atoms with Crippen molar-refractivity contribution in [3.05, 3.63) is 35.4 Å². The highest BCUT2D eigenvalue weighted by Crippen LogP contribution is 2.57. The van der Waals surface area contributed by atoms with E-state index in [9.17, 15) is 9.59 Å². The second-order valence-electron chi connectivity index (χ2n) is 9.73. The van der Waals surface area contributed by atoms with Gasteiger partial charge in [0.05, 0.1) is 12.6 Å². The zero-order chi connectivity index (χ0) is 18.1. The van der Waals surface area contributed by atoms with E-state index < -0.39 is 0 Å². The van der Waals surface area contributed by atoms with Crippen LogP contribution in [-0.2, 0) is 16.0 Å². The molecule has 1 atom stereocenters. The van der Waals surface area contributed by atoms with E-state index in [0.717, 1.165) is 24.8 Å². The predicted octanol–water partition coefficient (Wildman–Crippen LogP) is 3.03. The Kier molecular flexibility index (Phi) is 3.48. The Morgan fingerprint density at radius 3 is 2.41 bits per heavy atom. The fourth-order valence-electron chi connectivity index (χ4n) is 7.38. The van der Waals surface area contributed by atoms with E-state index in [-0.39, 0.29) is 17.9 Å². The van der Waals surface area contributed by atoms with E-state index in [2.05, 4.69) is 24.3 Å². The molecule has 5 fully saturated rings. The fourth-order valence-corrected chi connectivity index (χ4v) is 7.38. The van der Waals surface area contributed by atoms with E-state index in [1.807, 2.05) is 9.80 Å². The first-order valence-corrected chi connectivity index (χ1v) is 10.8. The second kappa shape index (κ2) is 5.83. The Morgan fingerprint density at radius 2 is 1.67 bits per heavy atom. The highest BCUT2D eigenvalue weighted by Gasteiger charge is 2.52. The van der Waals surface area contributed by atoms with Gasteiger partial charge in [0.1, 0.15) is 0 Å². The summed E-state index contributed by atoms with van der Waals surface area (Å²) in [6.07, 6.45) is 7.35. The first-order chi connectivity index (χ1) is 13.2. The zero-order valence-corrected chi connectivity index (χ0v) is 15.8. The number of hydrogen-bond donors (Lipinski definition) is 0. The number of hydrogen-bond acceptors (Lipinski definition) is 2. The van der Waals surface area contributed by atoms with Gasteiger partial charge < -0.3 is 9.80 Å². The molecule has 2 amide bonds. The smallest absolute Gasteiger partial charge is 0.242 e. The lowest BCUT2D eigenvalue weighted by atomic mass is 9.51. The van der Waals surface area contributed by atoms with E-state index in [0.29, 0.717) is 30.8 Å². The van der Waals surface area contributed by atoms with Crippen LogP contribution in [0.1, 0.15) is 49.3 Å². The maximum absolute atomic E-state index is 13.6. The summed E-state index contributed by atoms with van der Waals surface area (Å²) in [6.45, 7) is 1.77. The van der Waals surface area contributed by atoms with Crippen molar-refractivity contribution in [3.63, 3.8) is 0 Å². The van der Waals surface area contributed by atoms with Crippen LogP contribution in [0.4, 0.5) is 0 Å². The van der Waals surface area contributed by atoms with E-state index >= 15 is 0 Å². The SMILES string of the molecule is O=C(C1C2CC3CC(C2)CC1C3)N1CC(=O)N2CCc3ccccc3C2C1. The maximum atomic E-state index is 13.6. The van der Waals surface area contributed by atoms with E-state index in [1.54, 1.807) is 0 Å². The number of carbonyl (C=O) groups is 2. The average Bonchev–Trinajstić information content (AvgIpc) is 2.66. The average molecular weight is 364 g/mol. The van der Waals surface area contributed by atoms with Crippen LogP contribution in [-0.4, -0.2) is 41.2 Å². The molecule has 0 spiro atoms. The molecule has 0 N–H and O–H groups in total. The number of rotatable bonds is 1. The van der Waals surface area contributed by atoms with Gasteiger partial charge in [0.15, 0.2) is 0 Å². The fraction of sp³-hybridized carbons (Fsp3) is 0.652. The molecule has 4 nitrogen and oxygen atoms in total. The van der Waals surface area contributed by atoms with Crippen LogP contribution in [0.25, 0.3) is 0 Å². The van der Waals surface area contributed by atoms with Crippen molar-refractivity contribution in [1.82, 2.24) is 9.80 Å². The van der Waals surface area contributed by atoms with Gasteiger partial charge in [0.2, 0.25) is 11.8 Å². The van der Waals surface area contributed by atoms with Crippen molar-refractivity contribution in [1.29, 1.82) is 0 Å². The topological polar surface area (TPSA) is 40.6 Å². The molecule has 2 aliphatic heterocycles.